The Labute approximate surface area is 236 Å². The summed E-state index contributed by atoms with van der Waals surface area (Å²) in [4.78, 5) is 45.6. The molecule has 40 heavy (non-hydrogen) atoms. The molecule has 0 bridgehead atoms. The van der Waals surface area contributed by atoms with Gasteiger partial charge < -0.3 is 14.4 Å². The highest BCUT2D eigenvalue weighted by atomic mass is 35.5. The number of H-pyrrole nitrogens is 1. The number of likely N-dealkylation sites (N-methyl/N-ethyl adjacent to an activating group) is 1. The van der Waals surface area contributed by atoms with Gasteiger partial charge in [0.25, 0.3) is 0 Å². The van der Waals surface area contributed by atoms with Gasteiger partial charge in [-0.05, 0) is 43.2 Å². The Morgan fingerprint density at radius 1 is 1.12 bits per heavy atom. The van der Waals surface area contributed by atoms with E-state index in [0.29, 0.717) is 34.4 Å². The molecule has 1 aliphatic carbocycles. The van der Waals surface area contributed by atoms with Crippen molar-refractivity contribution in [3.63, 3.8) is 0 Å². The number of fused-ring (bicyclic) bond motifs is 1. The van der Waals surface area contributed by atoms with Gasteiger partial charge in [0, 0.05) is 44.1 Å². The van der Waals surface area contributed by atoms with Gasteiger partial charge in [0.15, 0.2) is 0 Å². The molecule has 2 aliphatic rings. The second-order valence-corrected chi connectivity index (χ2v) is 11.6. The van der Waals surface area contributed by atoms with Gasteiger partial charge in [-0.25, -0.2) is 14.8 Å². The third kappa shape index (κ3) is 4.98. The van der Waals surface area contributed by atoms with E-state index < -0.39 is 5.76 Å². The Morgan fingerprint density at radius 3 is 2.62 bits per heavy atom. The SMILES string of the molecule is CCC1CN(C)C(=O)CN1c1nc2cc(-c3noc(=O)[nH]3)nc(-c3cncc(Cl)c3)c2n1CC1CCC(C)CC1. The zero-order valence-electron chi connectivity index (χ0n) is 22.9. The van der Waals surface area contributed by atoms with Crippen LogP contribution in [0.1, 0.15) is 46.0 Å². The molecule has 0 radical (unpaired) electrons. The van der Waals surface area contributed by atoms with E-state index in [-0.39, 0.29) is 24.3 Å². The van der Waals surface area contributed by atoms with Gasteiger partial charge in [-0.3, -0.25) is 19.3 Å². The minimum atomic E-state index is -0.664. The molecule has 1 aliphatic heterocycles. The number of piperazine rings is 1. The van der Waals surface area contributed by atoms with Crippen LogP contribution in [0.2, 0.25) is 5.02 Å². The number of nitrogens with zero attached hydrogens (tertiary/aromatic N) is 7. The number of anilines is 1. The molecule has 1 unspecified atom stereocenters. The molecule has 6 rings (SSSR count). The molecule has 4 aromatic rings. The Bertz CT molecular complexity index is 1600. The van der Waals surface area contributed by atoms with Crippen LogP contribution in [0.15, 0.2) is 33.8 Å². The Morgan fingerprint density at radius 2 is 1.93 bits per heavy atom. The minimum absolute atomic E-state index is 0.0630. The lowest BCUT2D eigenvalue weighted by molar-refractivity contribution is -0.130. The van der Waals surface area contributed by atoms with Crippen LogP contribution >= 0.6 is 11.6 Å². The Kier molecular flexibility index (Phi) is 7.07. The van der Waals surface area contributed by atoms with Gasteiger partial charge >= 0.3 is 5.76 Å². The van der Waals surface area contributed by atoms with Crippen molar-refractivity contribution in [2.45, 2.75) is 58.5 Å². The van der Waals surface area contributed by atoms with Crippen LogP contribution in [0.3, 0.4) is 0 Å². The highest BCUT2D eigenvalue weighted by Crippen LogP contribution is 2.38. The van der Waals surface area contributed by atoms with E-state index in [4.69, 9.17) is 26.1 Å². The van der Waals surface area contributed by atoms with Crippen LogP contribution in [0.5, 0.6) is 0 Å². The van der Waals surface area contributed by atoms with E-state index in [1.54, 1.807) is 17.3 Å². The summed E-state index contributed by atoms with van der Waals surface area (Å²) >= 11 is 6.37. The molecule has 1 amide bonds. The minimum Gasteiger partial charge on any atom is -0.342 e. The summed E-state index contributed by atoms with van der Waals surface area (Å²) in [5.74, 6) is 1.58. The van der Waals surface area contributed by atoms with E-state index >= 15 is 0 Å². The number of carbonyl (C=O) groups is 1. The second kappa shape index (κ2) is 10.7. The molecule has 1 N–H and O–H groups in total. The van der Waals surface area contributed by atoms with Gasteiger partial charge in [0.2, 0.25) is 17.7 Å². The molecule has 1 saturated carbocycles. The largest absolute Gasteiger partial charge is 0.439 e. The summed E-state index contributed by atoms with van der Waals surface area (Å²) in [6.07, 6.45) is 8.84. The van der Waals surface area contributed by atoms with Crippen LogP contribution in [0, 0.1) is 11.8 Å². The number of aromatic amines is 1. The average molecular weight is 565 g/mol. The van der Waals surface area contributed by atoms with Crippen molar-refractivity contribution in [2.75, 3.05) is 25.0 Å². The fourth-order valence-corrected chi connectivity index (χ4v) is 6.18. The molecule has 1 saturated heterocycles. The average Bonchev–Trinajstić information content (AvgIpc) is 3.54. The van der Waals surface area contributed by atoms with E-state index in [0.717, 1.165) is 48.8 Å². The van der Waals surface area contributed by atoms with Crippen LogP contribution in [0.4, 0.5) is 5.95 Å². The molecule has 5 heterocycles. The molecule has 2 fully saturated rings. The van der Waals surface area contributed by atoms with Crippen LogP contribution in [0.25, 0.3) is 33.8 Å². The predicted octanol–water partition coefficient (Wildman–Crippen LogP) is 4.37. The number of pyridine rings is 2. The topological polar surface area (TPSA) is 126 Å². The van der Waals surface area contributed by atoms with Gasteiger partial charge in [0.05, 0.1) is 21.7 Å². The number of carbonyl (C=O) groups excluding carboxylic acids is 1. The number of hydrogen-bond acceptors (Lipinski definition) is 8. The number of nitrogens with one attached hydrogen (secondary N) is 1. The maximum Gasteiger partial charge on any atom is 0.439 e. The molecule has 11 nitrogen and oxygen atoms in total. The number of amides is 1. The highest BCUT2D eigenvalue weighted by Gasteiger charge is 2.34. The molecule has 0 spiro atoms. The zero-order valence-corrected chi connectivity index (χ0v) is 23.7. The number of aromatic nitrogens is 6. The summed E-state index contributed by atoms with van der Waals surface area (Å²) in [5.41, 5.74) is 3.29. The Balaban J connectivity index is 1.59. The van der Waals surface area contributed by atoms with Crippen molar-refractivity contribution in [3.05, 3.63) is 40.1 Å². The van der Waals surface area contributed by atoms with Crippen molar-refractivity contribution < 1.29 is 9.32 Å². The van der Waals surface area contributed by atoms with Gasteiger partial charge in [-0.15, -0.1) is 0 Å². The van der Waals surface area contributed by atoms with Gasteiger partial charge in [-0.2, -0.15) is 0 Å². The number of halogens is 1. The van der Waals surface area contributed by atoms with Gasteiger partial charge in [0.1, 0.15) is 12.2 Å². The third-order valence-electron chi connectivity index (χ3n) is 8.33. The first-order valence-electron chi connectivity index (χ1n) is 13.9. The molecular weight excluding hydrogens is 532 g/mol. The molecule has 4 aromatic heterocycles. The zero-order chi connectivity index (χ0) is 28.0. The van der Waals surface area contributed by atoms with E-state index in [2.05, 4.69) is 38.4 Å². The Hall–Kier alpha value is -3.73. The van der Waals surface area contributed by atoms with E-state index in [9.17, 15) is 9.59 Å². The van der Waals surface area contributed by atoms with Gasteiger partial charge in [-0.1, -0.05) is 43.4 Å². The van der Waals surface area contributed by atoms with Crippen molar-refractivity contribution in [2.24, 2.45) is 11.8 Å². The second-order valence-electron chi connectivity index (χ2n) is 11.2. The molecule has 0 aromatic carbocycles. The smallest absolute Gasteiger partial charge is 0.342 e. The number of hydrogen-bond donors (Lipinski definition) is 1. The van der Waals surface area contributed by atoms with Crippen molar-refractivity contribution >= 4 is 34.5 Å². The fourth-order valence-electron chi connectivity index (χ4n) is 6.01. The molecule has 12 heteroatoms. The lowest BCUT2D eigenvalue weighted by Gasteiger charge is -2.40. The molecule has 1 atom stereocenters. The highest BCUT2D eigenvalue weighted by molar-refractivity contribution is 6.30. The normalized spacial score (nSPS) is 21.9. The summed E-state index contributed by atoms with van der Waals surface area (Å²) in [7, 11) is 1.85. The fraction of sp³-hybridized carbons (Fsp3) is 0.500. The quantitative estimate of drug-likeness (QED) is 0.366. The lowest BCUT2D eigenvalue weighted by atomic mass is 9.83. The first kappa shape index (κ1) is 26.5. The third-order valence-corrected chi connectivity index (χ3v) is 8.53. The maximum absolute atomic E-state index is 12.9. The van der Waals surface area contributed by atoms with Crippen LogP contribution in [-0.4, -0.2) is 66.6 Å². The first-order valence-corrected chi connectivity index (χ1v) is 14.3. The van der Waals surface area contributed by atoms with Crippen molar-refractivity contribution in [1.29, 1.82) is 0 Å². The van der Waals surface area contributed by atoms with Crippen molar-refractivity contribution in [1.82, 2.24) is 34.6 Å². The van der Waals surface area contributed by atoms with Crippen LogP contribution in [-0.2, 0) is 11.3 Å². The van der Waals surface area contributed by atoms with Crippen LogP contribution < -0.4 is 10.7 Å². The molecular formula is C28H33ClN8O3. The van der Waals surface area contributed by atoms with E-state index in [1.807, 2.05) is 19.2 Å². The summed E-state index contributed by atoms with van der Waals surface area (Å²) in [5, 5.41) is 4.35. The summed E-state index contributed by atoms with van der Waals surface area (Å²) < 4.78 is 7.01. The summed E-state index contributed by atoms with van der Waals surface area (Å²) in [6.45, 7) is 6.11. The standard InChI is InChI=1S/C28H33ClN8O3/c1-4-20-14-35(3)23(38)15-36(20)27-32-21-10-22(26-33-28(39)40-34-26)31-24(18-9-19(29)12-30-11-18)25(21)37(27)13-17-7-5-16(2)6-8-17/h9-12,16-17,20H,4-8,13-15H2,1-3H3,(H,33,34,39). The number of rotatable bonds is 6. The van der Waals surface area contributed by atoms with E-state index in [1.165, 1.54) is 12.8 Å². The first-order chi connectivity index (χ1) is 19.3. The predicted molar refractivity (Wildman–Crippen MR) is 152 cm³/mol. The number of imidazole rings is 1. The molecule has 210 valence electrons. The monoisotopic (exact) mass is 564 g/mol. The van der Waals surface area contributed by atoms with Crippen molar-refractivity contribution in [3.8, 4) is 22.8 Å². The summed E-state index contributed by atoms with van der Waals surface area (Å²) in [6, 6.07) is 3.76. The lowest BCUT2D eigenvalue weighted by Crippen LogP contribution is -2.55. The maximum atomic E-state index is 12.9.